The Labute approximate surface area is 185 Å². The minimum atomic E-state index is -4.65. The molecule has 1 aliphatic rings. The number of thiocarbonyl (C=S) groups is 1. The van der Waals surface area contributed by atoms with E-state index in [9.17, 15) is 18.0 Å². The molecule has 0 bridgehead atoms. The van der Waals surface area contributed by atoms with Gasteiger partial charge in [-0.05, 0) is 48.9 Å². The molecule has 2 aromatic carbocycles. The van der Waals surface area contributed by atoms with E-state index in [-0.39, 0.29) is 14.9 Å². The van der Waals surface area contributed by atoms with Gasteiger partial charge >= 0.3 is 6.18 Å². The Kier molecular flexibility index (Phi) is 6.64. The average molecular weight is 474 g/mol. The standard InChI is InChI=1S/C20H15ClF3NO3S2/c1-3-28-15-7-4-11(8-16(15)27-2)9-17-18(26)25(19(29)30-17)12-5-6-14(21)13(10-12)20(22,23)24/h4-10H,3H2,1-2H3/b17-9-. The number of rotatable bonds is 5. The number of ether oxygens (including phenoxy) is 2. The molecule has 0 unspecified atom stereocenters. The van der Waals surface area contributed by atoms with E-state index in [0.29, 0.717) is 23.7 Å². The second-order valence-electron chi connectivity index (χ2n) is 6.02. The average Bonchev–Trinajstić information content (AvgIpc) is 2.96. The summed E-state index contributed by atoms with van der Waals surface area (Å²) in [5, 5.41) is -0.450. The number of nitrogens with zero attached hydrogens (tertiary/aromatic N) is 1. The fraction of sp³-hybridized carbons (Fsp3) is 0.200. The van der Waals surface area contributed by atoms with E-state index < -0.39 is 22.7 Å². The number of benzene rings is 2. The van der Waals surface area contributed by atoms with Crippen molar-refractivity contribution in [1.29, 1.82) is 0 Å². The lowest BCUT2D eigenvalue weighted by molar-refractivity contribution is -0.137. The number of hydrogen-bond donors (Lipinski definition) is 0. The molecule has 1 heterocycles. The Morgan fingerprint density at radius 1 is 1.20 bits per heavy atom. The second-order valence-corrected chi connectivity index (χ2v) is 8.11. The summed E-state index contributed by atoms with van der Waals surface area (Å²) in [6, 6.07) is 8.38. The summed E-state index contributed by atoms with van der Waals surface area (Å²) in [6.07, 6.45) is -3.06. The molecule has 3 rings (SSSR count). The Morgan fingerprint density at radius 3 is 2.57 bits per heavy atom. The number of halogens is 4. The molecule has 0 aromatic heterocycles. The molecule has 0 radical (unpaired) electrons. The summed E-state index contributed by atoms with van der Waals surface area (Å²) in [4.78, 5) is 14.2. The Hall–Kier alpha value is -2.23. The van der Waals surface area contributed by atoms with Crippen LogP contribution >= 0.6 is 35.6 Å². The van der Waals surface area contributed by atoms with E-state index in [1.54, 1.807) is 24.3 Å². The van der Waals surface area contributed by atoms with E-state index in [0.717, 1.165) is 28.8 Å². The van der Waals surface area contributed by atoms with Crippen LogP contribution in [0.2, 0.25) is 5.02 Å². The van der Waals surface area contributed by atoms with Crippen molar-refractivity contribution in [1.82, 2.24) is 0 Å². The molecule has 30 heavy (non-hydrogen) atoms. The van der Waals surface area contributed by atoms with E-state index in [4.69, 9.17) is 33.3 Å². The van der Waals surface area contributed by atoms with E-state index in [2.05, 4.69) is 0 Å². The fourth-order valence-electron chi connectivity index (χ4n) is 2.76. The second kappa shape index (κ2) is 8.87. The van der Waals surface area contributed by atoms with Crippen LogP contribution in [-0.4, -0.2) is 23.9 Å². The third-order valence-electron chi connectivity index (χ3n) is 4.09. The first-order valence-corrected chi connectivity index (χ1v) is 10.2. The lowest BCUT2D eigenvalue weighted by atomic mass is 10.1. The summed E-state index contributed by atoms with van der Waals surface area (Å²) < 4.78 is 50.4. The third-order valence-corrected chi connectivity index (χ3v) is 5.72. The highest BCUT2D eigenvalue weighted by molar-refractivity contribution is 8.27. The van der Waals surface area contributed by atoms with Gasteiger partial charge in [0, 0.05) is 0 Å². The smallest absolute Gasteiger partial charge is 0.417 e. The van der Waals surface area contributed by atoms with Gasteiger partial charge in [0.1, 0.15) is 0 Å². The molecule has 0 atom stereocenters. The number of anilines is 1. The van der Waals surface area contributed by atoms with Gasteiger partial charge in [0.15, 0.2) is 15.8 Å². The molecule has 0 aliphatic carbocycles. The van der Waals surface area contributed by atoms with Gasteiger partial charge in [-0.25, -0.2) is 0 Å². The van der Waals surface area contributed by atoms with Gasteiger partial charge in [0.2, 0.25) is 0 Å². The highest BCUT2D eigenvalue weighted by atomic mass is 35.5. The Morgan fingerprint density at radius 2 is 1.93 bits per heavy atom. The largest absolute Gasteiger partial charge is 0.493 e. The van der Waals surface area contributed by atoms with E-state index >= 15 is 0 Å². The molecule has 2 aromatic rings. The number of thioether (sulfide) groups is 1. The zero-order valence-corrected chi connectivity index (χ0v) is 18.1. The van der Waals surface area contributed by atoms with Crippen LogP contribution in [-0.2, 0) is 11.0 Å². The van der Waals surface area contributed by atoms with Crippen LogP contribution in [0.1, 0.15) is 18.1 Å². The predicted octanol–water partition coefficient (Wildman–Crippen LogP) is 6.17. The molecule has 10 heteroatoms. The maximum Gasteiger partial charge on any atom is 0.417 e. The first kappa shape index (κ1) is 22.5. The van der Waals surface area contributed by atoms with Gasteiger partial charge in [-0.15, -0.1) is 0 Å². The van der Waals surface area contributed by atoms with Crippen molar-refractivity contribution in [2.75, 3.05) is 18.6 Å². The molecule has 1 fully saturated rings. The molecular formula is C20H15ClF3NO3S2. The number of carbonyl (C=O) groups is 1. The lowest BCUT2D eigenvalue weighted by Crippen LogP contribution is -2.27. The van der Waals surface area contributed by atoms with E-state index in [1.807, 2.05) is 6.92 Å². The predicted molar refractivity (Wildman–Crippen MR) is 116 cm³/mol. The molecule has 158 valence electrons. The first-order chi connectivity index (χ1) is 14.2. The molecular weight excluding hydrogens is 459 g/mol. The number of hydrogen-bond acceptors (Lipinski definition) is 5. The van der Waals surface area contributed by atoms with Crippen molar-refractivity contribution in [2.45, 2.75) is 13.1 Å². The first-order valence-electron chi connectivity index (χ1n) is 8.61. The van der Waals surface area contributed by atoms with E-state index in [1.165, 1.54) is 13.2 Å². The maximum absolute atomic E-state index is 13.2. The minimum absolute atomic E-state index is 0.00176. The maximum atomic E-state index is 13.2. The van der Waals surface area contributed by atoms with Gasteiger partial charge in [-0.3, -0.25) is 9.69 Å². The van der Waals surface area contributed by atoms with Crippen molar-refractivity contribution >= 4 is 57.6 Å². The van der Waals surface area contributed by atoms with Crippen LogP contribution in [0.15, 0.2) is 41.3 Å². The monoisotopic (exact) mass is 473 g/mol. The van der Waals surface area contributed by atoms with Crippen molar-refractivity contribution in [3.8, 4) is 11.5 Å². The van der Waals surface area contributed by atoms with Crippen molar-refractivity contribution in [3.63, 3.8) is 0 Å². The number of carbonyl (C=O) groups excluding carboxylic acids is 1. The lowest BCUT2D eigenvalue weighted by Gasteiger charge is -2.17. The third kappa shape index (κ3) is 4.58. The SMILES string of the molecule is CCOc1ccc(/C=C2\SC(=S)N(c3ccc(Cl)c(C(F)(F)F)c3)C2=O)cc1OC. The molecule has 1 aliphatic heterocycles. The van der Waals surface area contributed by atoms with Gasteiger partial charge in [-0.2, -0.15) is 13.2 Å². The highest BCUT2D eigenvalue weighted by Gasteiger charge is 2.37. The molecule has 0 N–H and O–H groups in total. The number of amides is 1. The topological polar surface area (TPSA) is 38.8 Å². The van der Waals surface area contributed by atoms with Gasteiger partial charge in [-0.1, -0.05) is 41.6 Å². The normalized spacial score (nSPS) is 15.8. The summed E-state index contributed by atoms with van der Waals surface area (Å²) in [5.74, 6) is 0.535. The van der Waals surface area contributed by atoms with Gasteiger partial charge in [0.25, 0.3) is 5.91 Å². The van der Waals surface area contributed by atoms with Crippen molar-refractivity contribution in [3.05, 3.63) is 57.5 Å². The summed E-state index contributed by atoms with van der Waals surface area (Å²) >= 11 is 11.9. The minimum Gasteiger partial charge on any atom is -0.493 e. The fourth-order valence-corrected chi connectivity index (χ4v) is 4.28. The Balaban J connectivity index is 1.94. The zero-order valence-electron chi connectivity index (χ0n) is 15.7. The van der Waals surface area contributed by atoms with Crippen LogP contribution in [0.25, 0.3) is 6.08 Å². The summed E-state index contributed by atoms with van der Waals surface area (Å²) in [5.41, 5.74) is -0.374. The Bertz CT molecular complexity index is 1040. The molecule has 1 saturated heterocycles. The van der Waals surface area contributed by atoms with Crippen LogP contribution in [0.4, 0.5) is 18.9 Å². The molecule has 4 nitrogen and oxygen atoms in total. The van der Waals surface area contributed by atoms with Gasteiger partial charge in [0.05, 0.1) is 34.9 Å². The number of alkyl halides is 3. The number of methoxy groups -OCH3 is 1. The van der Waals surface area contributed by atoms with Gasteiger partial charge < -0.3 is 9.47 Å². The van der Waals surface area contributed by atoms with Crippen molar-refractivity contribution < 1.29 is 27.4 Å². The zero-order chi connectivity index (χ0) is 22.1. The quantitative estimate of drug-likeness (QED) is 0.383. The highest BCUT2D eigenvalue weighted by Crippen LogP contribution is 2.41. The molecule has 0 spiro atoms. The molecule has 1 amide bonds. The van der Waals surface area contributed by atoms with Crippen LogP contribution < -0.4 is 14.4 Å². The van der Waals surface area contributed by atoms with Crippen molar-refractivity contribution in [2.24, 2.45) is 0 Å². The van der Waals surface area contributed by atoms with Crippen LogP contribution in [0, 0.1) is 0 Å². The summed E-state index contributed by atoms with van der Waals surface area (Å²) in [6.45, 7) is 2.31. The van der Waals surface area contributed by atoms with Crippen LogP contribution in [0.3, 0.4) is 0 Å². The molecule has 0 saturated carbocycles. The van der Waals surface area contributed by atoms with Crippen LogP contribution in [0.5, 0.6) is 11.5 Å². The summed E-state index contributed by atoms with van der Waals surface area (Å²) in [7, 11) is 1.50.